The average Bonchev–Trinajstić information content (AvgIpc) is 2.05. The van der Waals surface area contributed by atoms with Gasteiger partial charge < -0.3 is 20.9 Å². The lowest BCUT2D eigenvalue weighted by Gasteiger charge is -2.35. The number of hydrogen-bond donors (Lipinski definition) is 3. The first-order chi connectivity index (χ1) is 5.68. The molecule has 1 amide bonds. The molecule has 0 saturated carbocycles. The number of nitrogens with two attached hydrogens (primary N) is 1. The van der Waals surface area contributed by atoms with E-state index < -0.39 is 11.6 Å². The maximum Gasteiger partial charge on any atom is 0.405 e. The number of hydrogen-bond acceptors (Lipinski definition) is 3. The first-order valence-electron chi connectivity index (χ1n) is 3.97. The molecule has 0 atom stereocenters. The SMILES string of the molecule is NCC1(NC(=O)O)CCOCC1. The van der Waals surface area contributed by atoms with Crippen molar-refractivity contribution in [1.82, 2.24) is 5.32 Å². The number of ether oxygens (including phenoxy) is 1. The van der Waals surface area contributed by atoms with Gasteiger partial charge in [0, 0.05) is 19.8 Å². The molecule has 1 aliphatic rings. The van der Waals surface area contributed by atoms with Crippen LogP contribution in [0.3, 0.4) is 0 Å². The lowest BCUT2D eigenvalue weighted by molar-refractivity contribution is 0.0420. The van der Waals surface area contributed by atoms with Gasteiger partial charge in [-0.3, -0.25) is 0 Å². The molecule has 1 aliphatic heterocycles. The van der Waals surface area contributed by atoms with Crippen LogP contribution in [0.1, 0.15) is 12.8 Å². The fraction of sp³-hybridized carbons (Fsp3) is 0.857. The highest BCUT2D eigenvalue weighted by Gasteiger charge is 2.32. The first kappa shape index (κ1) is 9.28. The Morgan fingerprint density at radius 2 is 2.17 bits per heavy atom. The van der Waals surface area contributed by atoms with Crippen molar-refractivity contribution in [3.8, 4) is 0 Å². The summed E-state index contributed by atoms with van der Waals surface area (Å²) in [5.41, 5.74) is 5.05. The zero-order valence-corrected chi connectivity index (χ0v) is 6.88. The Hall–Kier alpha value is -0.810. The van der Waals surface area contributed by atoms with E-state index in [1.165, 1.54) is 0 Å². The van der Waals surface area contributed by atoms with Crippen molar-refractivity contribution in [2.75, 3.05) is 19.8 Å². The Labute approximate surface area is 70.9 Å². The normalized spacial score (nSPS) is 21.8. The van der Waals surface area contributed by atoms with Crippen LogP contribution in [0, 0.1) is 0 Å². The molecule has 1 fully saturated rings. The first-order valence-corrected chi connectivity index (χ1v) is 3.97. The molecule has 1 rings (SSSR count). The number of nitrogens with one attached hydrogen (secondary N) is 1. The second-order valence-corrected chi connectivity index (χ2v) is 3.03. The molecule has 1 heterocycles. The fourth-order valence-electron chi connectivity index (χ4n) is 1.37. The van der Waals surface area contributed by atoms with E-state index in [4.69, 9.17) is 15.6 Å². The lowest BCUT2D eigenvalue weighted by atomic mass is 9.90. The van der Waals surface area contributed by atoms with Crippen LogP contribution in [-0.2, 0) is 4.74 Å². The van der Waals surface area contributed by atoms with Gasteiger partial charge in [0.1, 0.15) is 0 Å². The number of amides is 1. The summed E-state index contributed by atoms with van der Waals surface area (Å²) < 4.78 is 5.12. The minimum atomic E-state index is -1.01. The predicted octanol–water partition coefficient (Wildman–Crippen LogP) is -0.238. The van der Waals surface area contributed by atoms with Gasteiger partial charge in [-0.15, -0.1) is 0 Å². The summed E-state index contributed by atoms with van der Waals surface area (Å²) in [6.07, 6.45) is 0.313. The van der Waals surface area contributed by atoms with Crippen LogP contribution >= 0.6 is 0 Å². The smallest absolute Gasteiger partial charge is 0.405 e. The summed E-state index contributed by atoms with van der Waals surface area (Å²) >= 11 is 0. The fourth-order valence-corrected chi connectivity index (χ4v) is 1.37. The van der Waals surface area contributed by atoms with E-state index in [1.54, 1.807) is 0 Å². The van der Waals surface area contributed by atoms with Gasteiger partial charge in [-0.25, -0.2) is 4.79 Å². The quantitative estimate of drug-likeness (QED) is 0.539. The molecule has 70 valence electrons. The van der Waals surface area contributed by atoms with Crippen molar-refractivity contribution in [3.63, 3.8) is 0 Å². The summed E-state index contributed by atoms with van der Waals surface area (Å²) in [5.74, 6) is 0. The Morgan fingerprint density at radius 3 is 2.58 bits per heavy atom. The van der Waals surface area contributed by atoms with Gasteiger partial charge in [0.05, 0.1) is 5.54 Å². The largest absolute Gasteiger partial charge is 0.465 e. The minimum absolute atomic E-state index is 0.336. The molecule has 0 bridgehead atoms. The molecule has 0 aromatic heterocycles. The van der Waals surface area contributed by atoms with Crippen LogP contribution < -0.4 is 11.1 Å². The summed E-state index contributed by atoms with van der Waals surface area (Å²) in [4.78, 5) is 10.4. The molecule has 4 N–H and O–H groups in total. The zero-order chi connectivity index (χ0) is 9.03. The van der Waals surface area contributed by atoms with Crippen LogP contribution in [0.2, 0.25) is 0 Å². The average molecular weight is 174 g/mol. The summed E-state index contributed by atoms with van der Waals surface area (Å²) in [6, 6.07) is 0. The van der Waals surface area contributed by atoms with E-state index in [0.717, 1.165) is 0 Å². The van der Waals surface area contributed by atoms with Crippen molar-refractivity contribution in [2.45, 2.75) is 18.4 Å². The second kappa shape index (κ2) is 3.73. The van der Waals surface area contributed by atoms with Crippen LogP contribution in [-0.4, -0.2) is 36.5 Å². The van der Waals surface area contributed by atoms with Crippen LogP contribution in [0.4, 0.5) is 4.79 Å². The minimum Gasteiger partial charge on any atom is -0.465 e. The van der Waals surface area contributed by atoms with Crippen molar-refractivity contribution < 1.29 is 14.6 Å². The molecule has 5 nitrogen and oxygen atoms in total. The second-order valence-electron chi connectivity index (χ2n) is 3.03. The standard InChI is InChI=1S/C7H14N2O3/c8-5-7(9-6(10)11)1-3-12-4-2-7/h9H,1-5,8H2,(H,10,11). The van der Waals surface area contributed by atoms with Gasteiger partial charge in [0.25, 0.3) is 0 Å². The Morgan fingerprint density at radius 1 is 1.58 bits per heavy atom. The zero-order valence-electron chi connectivity index (χ0n) is 6.88. The van der Waals surface area contributed by atoms with Crippen molar-refractivity contribution in [3.05, 3.63) is 0 Å². The van der Waals surface area contributed by atoms with E-state index in [-0.39, 0.29) is 0 Å². The highest BCUT2D eigenvalue weighted by molar-refractivity contribution is 5.65. The summed E-state index contributed by atoms with van der Waals surface area (Å²) in [6.45, 7) is 1.50. The maximum atomic E-state index is 10.4. The van der Waals surface area contributed by atoms with E-state index in [2.05, 4.69) is 5.32 Å². The molecular weight excluding hydrogens is 160 g/mol. The van der Waals surface area contributed by atoms with Crippen LogP contribution in [0.5, 0.6) is 0 Å². The monoisotopic (exact) mass is 174 g/mol. The summed E-state index contributed by atoms with van der Waals surface area (Å²) in [5, 5.41) is 11.0. The van der Waals surface area contributed by atoms with Gasteiger partial charge in [-0.2, -0.15) is 0 Å². The highest BCUT2D eigenvalue weighted by Crippen LogP contribution is 2.18. The Balaban J connectivity index is 2.53. The van der Waals surface area contributed by atoms with Crippen molar-refractivity contribution in [2.24, 2.45) is 5.73 Å². The van der Waals surface area contributed by atoms with Gasteiger partial charge in [0.15, 0.2) is 0 Å². The van der Waals surface area contributed by atoms with Crippen LogP contribution in [0.25, 0.3) is 0 Å². The Kier molecular flexibility index (Phi) is 2.88. The molecule has 0 spiro atoms. The molecule has 0 aromatic rings. The van der Waals surface area contributed by atoms with E-state index in [0.29, 0.717) is 32.6 Å². The highest BCUT2D eigenvalue weighted by atomic mass is 16.5. The van der Waals surface area contributed by atoms with Gasteiger partial charge >= 0.3 is 6.09 Å². The van der Waals surface area contributed by atoms with E-state index in [9.17, 15) is 4.79 Å². The maximum absolute atomic E-state index is 10.4. The van der Waals surface area contributed by atoms with Crippen LogP contribution in [0.15, 0.2) is 0 Å². The predicted molar refractivity (Wildman–Crippen MR) is 43.0 cm³/mol. The summed E-state index contributed by atoms with van der Waals surface area (Å²) in [7, 11) is 0. The van der Waals surface area contributed by atoms with Gasteiger partial charge in [0.2, 0.25) is 0 Å². The van der Waals surface area contributed by atoms with E-state index >= 15 is 0 Å². The number of rotatable bonds is 2. The molecule has 12 heavy (non-hydrogen) atoms. The third-order valence-electron chi connectivity index (χ3n) is 2.21. The Bertz CT molecular complexity index is 166. The molecule has 0 unspecified atom stereocenters. The van der Waals surface area contributed by atoms with Crippen molar-refractivity contribution >= 4 is 6.09 Å². The molecule has 0 radical (unpaired) electrons. The van der Waals surface area contributed by atoms with E-state index in [1.807, 2.05) is 0 Å². The third-order valence-corrected chi connectivity index (χ3v) is 2.21. The molecule has 5 heteroatoms. The lowest BCUT2D eigenvalue weighted by Crippen LogP contribution is -2.56. The topological polar surface area (TPSA) is 84.6 Å². The van der Waals surface area contributed by atoms with Gasteiger partial charge in [-0.1, -0.05) is 0 Å². The molecule has 0 aromatic carbocycles. The number of carbonyl (C=O) groups is 1. The third kappa shape index (κ3) is 2.09. The van der Waals surface area contributed by atoms with Crippen molar-refractivity contribution in [1.29, 1.82) is 0 Å². The molecular formula is C7H14N2O3. The molecule has 1 saturated heterocycles. The number of carboxylic acid groups (broad SMARTS) is 1. The van der Waals surface area contributed by atoms with Gasteiger partial charge in [-0.05, 0) is 12.8 Å². The molecule has 0 aliphatic carbocycles.